The van der Waals surface area contributed by atoms with Crippen molar-refractivity contribution in [1.82, 2.24) is 0 Å². The fraction of sp³-hybridized carbons (Fsp3) is 0.0833. The molecule has 0 aliphatic carbocycles. The van der Waals surface area contributed by atoms with Gasteiger partial charge < -0.3 is 14.8 Å². The lowest BCUT2D eigenvalue weighted by Gasteiger charge is -2.14. The Bertz CT molecular complexity index is 1220. The van der Waals surface area contributed by atoms with Crippen LogP contribution in [0.2, 0.25) is 5.02 Å². The predicted octanol–water partition coefficient (Wildman–Crippen LogP) is 6.84. The first kappa shape index (κ1) is 24.1. The van der Waals surface area contributed by atoms with Crippen LogP contribution >= 0.6 is 50.1 Å². The monoisotopic (exact) mass is 622 g/mol. The van der Waals surface area contributed by atoms with Gasteiger partial charge in [0, 0.05) is 20.7 Å². The van der Waals surface area contributed by atoms with Crippen molar-refractivity contribution in [3.63, 3.8) is 0 Å². The lowest BCUT2D eigenvalue weighted by molar-refractivity contribution is -0.112. The summed E-state index contributed by atoms with van der Waals surface area (Å²) in [6, 6.07) is 20.1. The van der Waals surface area contributed by atoms with Gasteiger partial charge in [0.25, 0.3) is 5.91 Å². The molecule has 0 spiro atoms. The number of ether oxygens (including phenoxy) is 2. The number of anilines is 1. The number of rotatable bonds is 7. The van der Waals surface area contributed by atoms with Crippen LogP contribution in [-0.2, 0) is 11.4 Å². The van der Waals surface area contributed by atoms with Crippen LogP contribution in [0.25, 0.3) is 6.08 Å². The molecule has 0 aromatic heterocycles. The highest BCUT2D eigenvalue weighted by Gasteiger charge is 2.15. The second-order valence-corrected chi connectivity index (χ2v) is 9.03. The number of amides is 1. The second-order valence-electron chi connectivity index (χ2n) is 6.55. The summed E-state index contributed by atoms with van der Waals surface area (Å²) in [6.07, 6.45) is 1.51. The van der Waals surface area contributed by atoms with E-state index in [0.717, 1.165) is 13.6 Å². The topological polar surface area (TPSA) is 71.3 Å². The molecule has 0 saturated heterocycles. The molecule has 0 aliphatic heterocycles. The maximum atomic E-state index is 12.6. The molecule has 162 valence electrons. The normalized spacial score (nSPS) is 10.9. The van der Waals surface area contributed by atoms with Crippen LogP contribution in [0.3, 0.4) is 0 Å². The van der Waals surface area contributed by atoms with E-state index in [1.54, 1.807) is 30.3 Å². The van der Waals surface area contributed by atoms with E-state index in [1.165, 1.54) is 13.2 Å². The Labute approximate surface area is 213 Å². The summed E-state index contributed by atoms with van der Waals surface area (Å²) < 4.78 is 13.0. The molecule has 8 heteroatoms. The average molecular weight is 624 g/mol. The Hall–Kier alpha value is -2.54. The Kier molecular flexibility index (Phi) is 8.56. The van der Waals surface area contributed by atoms with Crippen molar-refractivity contribution < 1.29 is 14.3 Å². The molecule has 0 saturated carbocycles. The van der Waals surface area contributed by atoms with Crippen LogP contribution in [-0.4, -0.2) is 13.0 Å². The largest absolute Gasteiger partial charge is 0.493 e. The van der Waals surface area contributed by atoms with Gasteiger partial charge in [-0.15, -0.1) is 0 Å². The molecule has 3 rings (SSSR count). The molecule has 5 nitrogen and oxygen atoms in total. The minimum atomic E-state index is -0.501. The van der Waals surface area contributed by atoms with Gasteiger partial charge >= 0.3 is 0 Å². The quantitative estimate of drug-likeness (QED) is 0.178. The van der Waals surface area contributed by atoms with Crippen molar-refractivity contribution >= 4 is 67.8 Å². The lowest BCUT2D eigenvalue weighted by atomic mass is 10.1. The number of carbonyl (C=O) groups excluding carboxylic acids is 1. The van der Waals surface area contributed by atoms with Gasteiger partial charge in [-0.25, -0.2) is 0 Å². The summed E-state index contributed by atoms with van der Waals surface area (Å²) in [5.41, 5.74) is 2.04. The van der Waals surface area contributed by atoms with E-state index in [0.29, 0.717) is 27.8 Å². The number of halogens is 3. The van der Waals surface area contributed by atoms with Crippen LogP contribution in [0.15, 0.2) is 70.7 Å². The number of nitrogens with one attached hydrogen (secondary N) is 1. The molecule has 0 heterocycles. The van der Waals surface area contributed by atoms with E-state index in [4.69, 9.17) is 21.1 Å². The van der Waals surface area contributed by atoms with Gasteiger partial charge in [-0.05, 0) is 70.6 Å². The summed E-state index contributed by atoms with van der Waals surface area (Å²) >= 11 is 11.7. The fourth-order valence-electron chi connectivity index (χ4n) is 2.81. The Morgan fingerprint density at radius 3 is 2.69 bits per heavy atom. The fourth-order valence-corrected chi connectivity index (χ4v) is 4.18. The Morgan fingerprint density at radius 1 is 1.22 bits per heavy atom. The number of hydrogen-bond donors (Lipinski definition) is 1. The van der Waals surface area contributed by atoms with Crippen molar-refractivity contribution in [3.8, 4) is 17.6 Å². The zero-order valence-electron chi connectivity index (χ0n) is 16.9. The van der Waals surface area contributed by atoms with Gasteiger partial charge in [0.1, 0.15) is 18.2 Å². The van der Waals surface area contributed by atoms with Crippen LogP contribution in [0.5, 0.6) is 11.5 Å². The average Bonchev–Trinajstić information content (AvgIpc) is 2.77. The third kappa shape index (κ3) is 6.25. The van der Waals surface area contributed by atoms with Gasteiger partial charge in [-0.1, -0.05) is 51.8 Å². The van der Waals surface area contributed by atoms with E-state index in [2.05, 4.69) is 43.8 Å². The van der Waals surface area contributed by atoms with E-state index < -0.39 is 5.91 Å². The molecule has 0 atom stereocenters. The second kappa shape index (κ2) is 11.4. The van der Waals surface area contributed by atoms with E-state index >= 15 is 0 Å². The van der Waals surface area contributed by atoms with E-state index in [-0.39, 0.29) is 12.2 Å². The SMILES string of the molecule is COc1cc(/C=C(/C#N)C(=O)Nc2cccc(Br)c2)cc(I)c1OCc1ccccc1Cl. The molecule has 32 heavy (non-hydrogen) atoms. The zero-order valence-corrected chi connectivity index (χ0v) is 21.4. The third-order valence-electron chi connectivity index (χ3n) is 4.34. The highest BCUT2D eigenvalue weighted by molar-refractivity contribution is 14.1. The van der Waals surface area contributed by atoms with E-state index in [1.807, 2.05) is 36.4 Å². The van der Waals surface area contributed by atoms with Crippen LogP contribution in [0, 0.1) is 14.9 Å². The summed E-state index contributed by atoms with van der Waals surface area (Å²) in [6.45, 7) is 0.277. The maximum Gasteiger partial charge on any atom is 0.266 e. The van der Waals surface area contributed by atoms with Crippen molar-refractivity contribution in [2.24, 2.45) is 0 Å². The van der Waals surface area contributed by atoms with Crippen molar-refractivity contribution in [2.75, 3.05) is 12.4 Å². The van der Waals surface area contributed by atoms with Crippen LogP contribution < -0.4 is 14.8 Å². The van der Waals surface area contributed by atoms with Gasteiger partial charge in [0.15, 0.2) is 11.5 Å². The summed E-state index contributed by atoms with van der Waals surface area (Å²) in [5, 5.41) is 12.9. The molecule has 3 aromatic rings. The molecule has 0 unspecified atom stereocenters. The van der Waals surface area contributed by atoms with Gasteiger partial charge in [0.05, 0.1) is 10.7 Å². The molecule has 1 amide bonds. The molecule has 0 aliphatic rings. The van der Waals surface area contributed by atoms with Crippen molar-refractivity contribution in [2.45, 2.75) is 6.61 Å². The summed E-state index contributed by atoms with van der Waals surface area (Å²) in [5.74, 6) is 0.542. The molecular weight excluding hydrogens is 607 g/mol. The Balaban J connectivity index is 1.83. The molecule has 0 bridgehead atoms. The molecule has 1 N–H and O–H groups in total. The van der Waals surface area contributed by atoms with Crippen LogP contribution in [0.1, 0.15) is 11.1 Å². The van der Waals surface area contributed by atoms with Crippen LogP contribution in [0.4, 0.5) is 5.69 Å². The third-order valence-corrected chi connectivity index (χ3v) is 6.00. The predicted molar refractivity (Wildman–Crippen MR) is 138 cm³/mol. The Morgan fingerprint density at radius 2 is 2.00 bits per heavy atom. The minimum Gasteiger partial charge on any atom is -0.493 e. The number of nitriles is 1. The standard InChI is InChI=1S/C24H17BrClIN2O3/c1-31-22-11-15(9-17(13-28)24(30)29-19-7-4-6-18(25)12-19)10-21(27)23(22)32-14-16-5-2-3-8-20(16)26/h2-12H,14H2,1H3,(H,29,30)/b17-9-. The lowest BCUT2D eigenvalue weighted by Crippen LogP contribution is -2.13. The van der Waals surface area contributed by atoms with Crippen molar-refractivity contribution in [3.05, 3.63) is 90.4 Å². The number of nitrogens with zero attached hydrogens (tertiary/aromatic N) is 1. The van der Waals surface area contributed by atoms with Gasteiger partial charge in [-0.3, -0.25) is 4.79 Å². The zero-order chi connectivity index (χ0) is 23.1. The number of carbonyl (C=O) groups is 1. The maximum absolute atomic E-state index is 12.6. The number of hydrogen-bond acceptors (Lipinski definition) is 4. The molecule has 3 aromatic carbocycles. The van der Waals surface area contributed by atoms with Gasteiger partial charge in [0.2, 0.25) is 0 Å². The highest BCUT2D eigenvalue weighted by atomic mass is 127. The molecule has 0 fully saturated rings. The summed E-state index contributed by atoms with van der Waals surface area (Å²) in [7, 11) is 1.53. The molecule has 0 radical (unpaired) electrons. The smallest absolute Gasteiger partial charge is 0.266 e. The molecular formula is C24H17BrClIN2O3. The first-order valence-electron chi connectivity index (χ1n) is 9.33. The van der Waals surface area contributed by atoms with Gasteiger partial charge in [-0.2, -0.15) is 5.26 Å². The number of benzene rings is 3. The summed E-state index contributed by atoms with van der Waals surface area (Å²) in [4.78, 5) is 12.6. The number of methoxy groups -OCH3 is 1. The van der Waals surface area contributed by atoms with Crippen molar-refractivity contribution in [1.29, 1.82) is 5.26 Å². The first-order valence-corrected chi connectivity index (χ1v) is 11.6. The highest BCUT2D eigenvalue weighted by Crippen LogP contribution is 2.35. The van der Waals surface area contributed by atoms with E-state index in [9.17, 15) is 10.1 Å². The minimum absolute atomic E-state index is 0.0347. The first-order chi connectivity index (χ1) is 15.4.